The van der Waals surface area contributed by atoms with Gasteiger partial charge in [-0.15, -0.1) is 0 Å². The zero-order chi connectivity index (χ0) is 6.36. The normalized spacial score (nSPS) is 44.0. The Kier molecular flexibility index (Phi) is 0.840. The quantitative estimate of drug-likeness (QED) is 0.379. The molecule has 3 nitrogen and oxygen atoms in total. The molecule has 1 unspecified atom stereocenters. The summed E-state index contributed by atoms with van der Waals surface area (Å²) in [7, 11) is 0. The van der Waals surface area contributed by atoms with Crippen molar-refractivity contribution < 1.29 is 4.92 Å². The van der Waals surface area contributed by atoms with Gasteiger partial charge in [0.2, 0.25) is 5.54 Å². The predicted molar refractivity (Wildman–Crippen MR) is 29.2 cm³/mol. The molecule has 2 atom stereocenters. The van der Waals surface area contributed by atoms with Crippen LogP contribution < -0.4 is 0 Å². The third-order valence-corrected chi connectivity index (χ3v) is 2.04. The van der Waals surface area contributed by atoms with Crippen molar-refractivity contribution in [3.63, 3.8) is 0 Å². The summed E-state index contributed by atoms with van der Waals surface area (Å²) in [4.78, 5) is 9.92. The lowest BCUT2D eigenvalue weighted by Gasteiger charge is -1.96. The van der Waals surface area contributed by atoms with Crippen LogP contribution in [-0.4, -0.2) is 10.5 Å². The van der Waals surface area contributed by atoms with Gasteiger partial charge in [0.25, 0.3) is 0 Å². The molecule has 46 valence electrons. The molecule has 1 aliphatic carbocycles. The molecule has 0 aromatic carbocycles. The lowest BCUT2D eigenvalue weighted by atomic mass is 10.3. The number of nitro groups is 1. The Hall–Kier alpha value is -0.600. The molecular formula is C5H9NO2. The summed E-state index contributed by atoms with van der Waals surface area (Å²) >= 11 is 0. The summed E-state index contributed by atoms with van der Waals surface area (Å²) in [6.07, 6.45) is 0.750. The minimum absolute atomic E-state index is 0.183. The second-order valence-electron chi connectivity index (χ2n) is 2.72. The molecule has 1 rings (SSSR count). The number of nitrogens with zero attached hydrogens (tertiary/aromatic N) is 1. The van der Waals surface area contributed by atoms with Crippen LogP contribution in [0, 0.1) is 16.0 Å². The van der Waals surface area contributed by atoms with Crippen LogP contribution >= 0.6 is 0 Å². The van der Waals surface area contributed by atoms with Crippen molar-refractivity contribution in [3.05, 3.63) is 10.1 Å². The van der Waals surface area contributed by atoms with Crippen molar-refractivity contribution in [1.29, 1.82) is 0 Å². The van der Waals surface area contributed by atoms with E-state index >= 15 is 0 Å². The molecule has 8 heavy (non-hydrogen) atoms. The number of hydrogen-bond donors (Lipinski definition) is 0. The van der Waals surface area contributed by atoms with Gasteiger partial charge < -0.3 is 0 Å². The van der Waals surface area contributed by atoms with Crippen LogP contribution in [-0.2, 0) is 0 Å². The van der Waals surface area contributed by atoms with Crippen LogP contribution in [0.25, 0.3) is 0 Å². The average molecular weight is 115 g/mol. The highest BCUT2D eigenvalue weighted by molar-refractivity contribution is 4.96. The Bertz CT molecular complexity index is 134. The molecule has 1 aliphatic rings. The van der Waals surface area contributed by atoms with Crippen LogP contribution in [0.5, 0.6) is 0 Å². The molecule has 1 saturated carbocycles. The standard InChI is InChI=1S/C5H9NO2/c1-4-3-5(4,2)6(7)8/h4H,3H2,1-2H3/t4-,5?/m1/s1. The fraction of sp³-hybridized carbons (Fsp3) is 1.00. The third-order valence-electron chi connectivity index (χ3n) is 2.04. The van der Waals surface area contributed by atoms with E-state index in [9.17, 15) is 10.1 Å². The van der Waals surface area contributed by atoms with E-state index in [-0.39, 0.29) is 10.8 Å². The van der Waals surface area contributed by atoms with E-state index in [1.165, 1.54) is 0 Å². The number of hydrogen-bond acceptors (Lipinski definition) is 2. The largest absolute Gasteiger partial charge is 0.264 e. The lowest BCUT2D eigenvalue weighted by molar-refractivity contribution is -0.537. The molecular weight excluding hydrogens is 106 g/mol. The molecule has 0 aromatic heterocycles. The molecule has 0 spiro atoms. The monoisotopic (exact) mass is 115 g/mol. The van der Waals surface area contributed by atoms with E-state index < -0.39 is 5.54 Å². The summed E-state index contributed by atoms with van der Waals surface area (Å²) in [5.74, 6) is 0.289. The van der Waals surface area contributed by atoms with Gasteiger partial charge >= 0.3 is 0 Å². The zero-order valence-electron chi connectivity index (χ0n) is 5.05. The first-order chi connectivity index (χ1) is 3.57. The predicted octanol–water partition coefficient (Wildman–Crippen LogP) is 1.06. The smallest absolute Gasteiger partial charge is 0.222 e. The molecule has 0 saturated heterocycles. The second-order valence-corrected chi connectivity index (χ2v) is 2.72. The van der Waals surface area contributed by atoms with E-state index in [0.717, 1.165) is 6.42 Å². The van der Waals surface area contributed by atoms with E-state index in [1.54, 1.807) is 6.92 Å². The highest BCUT2D eigenvalue weighted by atomic mass is 16.6. The van der Waals surface area contributed by atoms with Crippen molar-refractivity contribution in [2.24, 2.45) is 5.92 Å². The first-order valence-electron chi connectivity index (χ1n) is 2.72. The van der Waals surface area contributed by atoms with Gasteiger partial charge in [-0.25, -0.2) is 0 Å². The molecule has 0 aliphatic heterocycles. The summed E-state index contributed by atoms with van der Waals surface area (Å²) in [6.45, 7) is 3.60. The van der Waals surface area contributed by atoms with Gasteiger partial charge in [0.15, 0.2) is 0 Å². The maximum absolute atomic E-state index is 10.1. The Labute approximate surface area is 47.8 Å². The summed E-state index contributed by atoms with van der Waals surface area (Å²) in [5, 5.41) is 10.1. The molecule has 0 radical (unpaired) electrons. The Morgan fingerprint density at radius 3 is 2.25 bits per heavy atom. The lowest BCUT2D eigenvalue weighted by Crippen LogP contribution is -2.18. The molecule has 0 aromatic rings. The van der Waals surface area contributed by atoms with Crippen molar-refractivity contribution >= 4 is 0 Å². The molecule has 0 heterocycles. The molecule has 0 amide bonds. The van der Waals surface area contributed by atoms with Gasteiger partial charge in [-0.1, -0.05) is 6.92 Å². The fourth-order valence-corrected chi connectivity index (χ4v) is 0.815. The topological polar surface area (TPSA) is 43.1 Å². The van der Waals surface area contributed by atoms with Crippen LogP contribution in [0.3, 0.4) is 0 Å². The first kappa shape index (κ1) is 5.54. The van der Waals surface area contributed by atoms with Crippen LogP contribution in [0.15, 0.2) is 0 Å². The van der Waals surface area contributed by atoms with Gasteiger partial charge in [0.05, 0.1) is 0 Å². The van der Waals surface area contributed by atoms with Crippen molar-refractivity contribution in [2.75, 3.05) is 0 Å². The summed E-state index contributed by atoms with van der Waals surface area (Å²) in [5.41, 5.74) is -0.569. The maximum Gasteiger partial charge on any atom is 0.222 e. The van der Waals surface area contributed by atoms with Crippen molar-refractivity contribution in [2.45, 2.75) is 25.8 Å². The minimum atomic E-state index is -0.569. The number of rotatable bonds is 1. The molecule has 0 bridgehead atoms. The highest BCUT2D eigenvalue weighted by Crippen LogP contribution is 2.44. The molecule has 0 N–H and O–H groups in total. The second kappa shape index (κ2) is 1.21. The maximum atomic E-state index is 10.1. The van der Waals surface area contributed by atoms with E-state index in [0.29, 0.717) is 0 Å². The highest BCUT2D eigenvalue weighted by Gasteiger charge is 2.59. The molecule has 3 heteroatoms. The Morgan fingerprint density at radius 2 is 2.25 bits per heavy atom. The van der Waals surface area contributed by atoms with Crippen LogP contribution in [0.4, 0.5) is 0 Å². The van der Waals surface area contributed by atoms with Crippen molar-refractivity contribution in [1.82, 2.24) is 0 Å². The van der Waals surface area contributed by atoms with Gasteiger partial charge in [-0.05, 0) is 0 Å². The average Bonchev–Trinajstić information content (AvgIpc) is 2.17. The van der Waals surface area contributed by atoms with Crippen molar-refractivity contribution in [3.8, 4) is 0 Å². The van der Waals surface area contributed by atoms with E-state index in [4.69, 9.17) is 0 Å². The fourth-order valence-electron chi connectivity index (χ4n) is 0.815. The third kappa shape index (κ3) is 0.504. The Morgan fingerprint density at radius 1 is 1.88 bits per heavy atom. The summed E-state index contributed by atoms with van der Waals surface area (Å²) in [6, 6.07) is 0. The van der Waals surface area contributed by atoms with Crippen LogP contribution in [0.1, 0.15) is 20.3 Å². The SMILES string of the molecule is C[C@@H]1CC1(C)[N+](=O)[O-]. The first-order valence-corrected chi connectivity index (χ1v) is 2.72. The van der Waals surface area contributed by atoms with Gasteiger partial charge in [0.1, 0.15) is 0 Å². The molecule has 1 fully saturated rings. The van der Waals surface area contributed by atoms with Gasteiger partial charge in [-0.2, -0.15) is 0 Å². The van der Waals surface area contributed by atoms with E-state index in [1.807, 2.05) is 6.92 Å². The van der Waals surface area contributed by atoms with Gasteiger partial charge in [0, 0.05) is 24.2 Å². The van der Waals surface area contributed by atoms with E-state index in [2.05, 4.69) is 0 Å². The Balaban J connectivity index is 2.60. The minimum Gasteiger partial charge on any atom is -0.264 e. The van der Waals surface area contributed by atoms with Gasteiger partial charge in [-0.3, -0.25) is 10.1 Å². The van der Waals surface area contributed by atoms with Crippen LogP contribution in [0.2, 0.25) is 0 Å². The summed E-state index contributed by atoms with van der Waals surface area (Å²) < 4.78 is 0. The zero-order valence-corrected chi connectivity index (χ0v) is 5.05.